The number of hydrogen-bond donors (Lipinski definition) is 1. The van der Waals surface area contributed by atoms with Gasteiger partial charge in [-0.15, -0.1) is 0 Å². The predicted octanol–water partition coefficient (Wildman–Crippen LogP) is 4.27. The maximum absolute atomic E-state index is 13.1. The van der Waals surface area contributed by atoms with Crippen molar-refractivity contribution in [3.8, 4) is 5.75 Å². The summed E-state index contributed by atoms with van der Waals surface area (Å²) in [4.78, 5) is 15.3. The highest BCUT2D eigenvalue weighted by Gasteiger charge is 2.24. The number of likely N-dealkylation sites (tertiary alicyclic amines) is 1. The number of ether oxygens (including phenoxy) is 1. The Balaban J connectivity index is 1.35. The molecule has 2 heterocycles. The Morgan fingerprint density at radius 2 is 1.88 bits per heavy atom. The van der Waals surface area contributed by atoms with Gasteiger partial charge >= 0.3 is 0 Å². The maximum atomic E-state index is 13.1. The summed E-state index contributed by atoms with van der Waals surface area (Å²) in [5.74, 6) is 0.867. The SMILES string of the molecule is COc1ccccc1CN1CCC(Cc2nn(C)cc2C(=O)Nc2ccc(F)cc2)CC1. The summed E-state index contributed by atoms with van der Waals surface area (Å²) in [6.45, 7) is 2.89. The predicted molar refractivity (Wildman–Crippen MR) is 122 cm³/mol. The number of carbonyl (C=O) groups excluding carboxylic acids is 1. The minimum Gasteiger partial charge on any atom is -0.496 e. The van der Waals surface area contributed by atoms with Crippen LogP contribution < -0.4 is 10.1 Å². The highest BCUT2D eigenvalue weighted by Crippen LogP contribution is 2.26. The summed E-state index contributed by atoms with van der Waals surface area (Å²) in [5, 5.41) is 7.40. The lowest BCUT2D eigenvalue weighted by Gasteiger charge is -2.32. The normalized spacial score (nSPS) is 15.0. The van der Waals surface area contributed by atoms with E-state index in [1.54, 1.807) is 30.1 Å². The molecule has 7 heteroatoms. The molecule has 1 N–H and O–H groups in total. The molecule has 6 nitrogen and oxygen atoms in total. The third kappa shape index (κ3) is 5.34. The van der Waals surface area contributed by atoms with Gasteiger partial charge in [-0.2, -0.15) is 5.10 Å². The zero-order chi connectivity index (χ0) is 22.5. The van der Waals surface area contributed by atoms with Crippen LogP contribution in [0.3, 0.4) is 0 Å². The molecule has 32 heavy (non-hydrogen) atoms. The Kier molecular flexibility index (Phi) is 6.85. The fourth-order valence-corrected chi connectivity index (χ4v) is 4.30. The molecule has 0 aliphatic carbocycles. The van der Waals surface area contributed by atoms with E-state index in [2.05, 4.69) is 21.4 Å². The van der Waals surface area contributed by atoms with Gasteiger partial charge in [-0.05, 0) is 68.6 Å². The molecule has 0 radical (unpaired) electrons. The average molecular weight is 437 g/mol. The summed E-state index contributed by atoms with van der Waals surface area (Å²) in [6, 6.07) is 13.9. The summed E-state index contributed by atoms with van der Waals surface area (Å²) in [6.07, 6.45) is 4.65. The number of methoxy groups -OCH3 is 1. The van der Waals surface area contributed by atoms with Crippen LogP contribution in [0.15, 0.2) is 54.7 Å². The van der Waals surface area contributed by atoms with E-state index in [1.807, 2.05) is 25.2 Å². The summed E-state index contributed by atoms with van der Waals surface area (Å²) < 4.78 is 20.3. The van der Waals surface area contributed by atoms with Gasteiger partial charge in [-0.25, -0.2) is 4.39 Å². The molecule has 2 aromatic carbocycles. The highest BCUT2D eigenvalue weighted by molar-refractivity contribution is 6.04. The zero-order valence-electron chi connectivity index (χ0n) is 18.6. The fraction of sp³-hybridized carbons (Fsp3) is 0.360. The number of aryl methyl sites for hydroxylation is 1. The smallest absolute Gasteiger partial charge is 0.259 e. The molecule has 0 unspecified atom stereocenters. The van der Waals surface area contributed by atoms with E-state index >= 15 is 0 Å². The van der Waals surface area contributed by atoms with E-state index in [-0.39, 0.29) is 11.7 Å². The van der Waals surface area contributed by atoms with E-state index in [9.17, 15) is 9.18 Å². The molecule has 4 rings (SSSR count). The van der Waals surface area contributed by atoms with Gasteiger partial charge in [-0.3, -0.25) is 14.4 Å². The molecule has 0 spiro atoms. The molecule has 0 atom stereocenters. The van der Waals surface area contributed by atoms with Crippen LogP contribution in [0.25, 0.3) is 0 Å². The van der Waals surface area contributed by atoms with E-state index in [1.165, 1.54) is 17.7 Å². The Labute approximate surface area is 188 Å². The molecule has 1 saturated heterocycles. The van der Waals surface area contributed by atoms with Crippen molar-refractivity contribution in [3.63, 3.8) is 0 Å². The summed E-state index contributed by atoms with van der Waals surface area (Å²) in [5.41, 5.74) is 3.16. The minimum atomic E-state index is -0.331. The van der Waals surface area contributed by atoms with Crippen LogP contribution in [0.4, 0.5) is 10.1 Å². The van der Waals surface area contributed by atoms with Crippen LogP contribution in [-0.2, 0) is 20.0 Å². The van der Waals surface area contributed by atoms with Crippen molar-refractivity contribution in [1.29, 1.82) is 0 Å². The number of piperidine rings is 1. The van der Waals surface area contributed by atoms with Gasteiger partial charge < -0.3 is 10.1 Å². The highest BCUT2D eigenvalue weighted by atomic mass is 19.1. The fourth-order valence-electron chi connectivity index (χ4n) is 4.30. The van der Waals surface area contributed by atoms with E-state index in [4.69, 9.17) is 4.74 Å². The van der Waals surface area contributed by atoms with Crippen molar-refractivity contribution in [2.75, 3.05) is 25.5 Å². The van der Waals surface area contributed by atoms with E-state index in [0.29, 0.717) is 17.2 Å². The third-order valence-corrected chi connectivity index (χ3v) is 6.03. The second kappa shape index (κ2) is 9.96. The molecular formula is C25H29FN4O2. The molecule has 168 valence electrons. The van der Waals surface area contributed by atoms with Gasteiger partial charge in [0.1, 0.15) is 11.6 Å². The monoisotopic (exact) mass is 436 g/mol. The van der Waals surface area contributed by atoms with Crippen molar-refractivity contribution in [3.05, 3.63) is 77.4 Å². The molecule has 0 bridgehead atoms. The van der Waals surface area contributed by atoms with Crippen LogP contribution in [-0.4, -0.2) is 40.8 Å². The minimum absolute atomic E-state index is 0.215. The van der Waals surface area contributed by atoms with Gasteiger partial charge in [0.25, 0.3) is 5.91 Å². The van der Waals surface area contributed by atoms with Gasteiger partial charge in [0.15, 0.2) is 0 Å². The number of carbonyl (C=O) groups is 1. The molecule has 1 aliphatic heterocycles. The van der Waals surface area contributed by atoms with Crippen LogP contribution >= 0.6 is 0 Å². The van der Waals surface area contributed by atoms with Gasteiger partial charge in [-0.1, -0.05) is 18.2 Å². The topological polar surface area (TPSA) is 59.4 Å². The summed E-state index contributed by atoms with van der Waals surface area (Å²) in [7, 11) is 3.54. The first-order chi connectivity index (χ1) is 15.5. The lowest BCUT2D eigenvalue weighted by Crippen LogP contribution is -2.34. The van der Waals surface area contributed by atoms with Crippen molar-refractivity contribution >= 4 is 11.6 Å². The number of hydrogen-bond acceptors (Lipinski definition) is 4. The Morgan fingerprint density at radius 1 is 1.16 bits per heavy atom. The molecule has 1 aromatic heterocycles. The maximum Gasteiger partial charge on any atom is 0.259 e. The number of nitrogens with zero attached hydrogens (tertiary/aromatic N) is 3. The number of nitrogens with one attached hydrogen (secondary N) is 1. The Morgan fingerprint density at radius 3 is 2.59 bits per heavy atom. The molecule has 0 saturated carbocycles. The van der Waals surface area contributed by atoms with E-state index in [0.717, 1.165) is 50.3 Å². The third-order valence-electron chi connectivity index (χ3n) is 6.03. The second-order valence-corrected chi connectivity index (χ2v) is 8.36. The number of anilines is 1. The number of para-hydroxylation sites is 1. The molecule has 3 aromatic rings. The van der Waals surface area contributed by atoms with Gasteiger partial charge in [0.05, 0.1) is 18.4 Å². The Hall–Kier alpha value is -3.19. The number of amides is 1. The summed E-state index contributed by atoms with van der Waals surface area (Å²) >= 11 is 0. The number of aromatic nitrogens is 2. The van der Waals surface area contributed by atoms with Gasteiger partial charge in [0, 0.05) is 31.0 Å². The molecular weight excluding hydrogens is 407 g/mol. The second-order valence-electron chi connectivity index (χ2n) is 8.36. The van der Waals surface area contributed by atoms with E-state index < -0.39 is 0 Å². The first-order valence-electron chi connectivity index (χ1n) is 11.0. The lowest BCUT2D eigenvalue weighted by molar-refractivity contribution is 0.102. The van der Waals surface area contributed by atoms with Crippen molar-refractivity contribution in [2.24, 2.45) is 13.0 Å². The number of halogens is 1. The lowest BCUT2D eigenvalue weighted by atomic mass is 9.91. The number of benzene rings is 2. The van der Waals surface area contributed by atoms with Crippen LogP contribution in [0.1, 0.15) is 34.5 Å². The zero-order valence-corrected chi connectivity index (χ0v) is 18.6. The Bertz CT molecular complexity index is 1060. The molecule has 1 amide bonds. The number of rotatable bonds is 7. The average Bonchev–Trinajstić information content (AvgIpc) is 3.17. The van der Waals surface area contributed by atoms with Gasteiger partial charge in [0.2, 0.25) is 0 Å². The van der Waals surface area contributed by atoms with Crippen LogP contribution in [0, 0.1) is 11.7 Å². The van der Waals surface area contributed by atoms with Crippen molar-refractivity contribution in [2.45, 2.75) is 25.8 Å². The standard InChI is InChI=1S/C25H29FN4O2/c1-29-17-22(25(31)27-21-9-7-20(26)8-10-21)23(28-29)15-18-11-13-30(14-12-18)16-19-5-3-4-6-24(19)32-2/h3-10,17-18H,11-16H2,1-2H3,(H,27,31). The van der Waals surface area contributed by atoms with Crippen molar-refractivity contribution < 1.29 is 13.9 Å². The largest absolute Gasteiger partial charge is 0.496 e. The van der Waals surface area contributed by atoms with Crippen LogP contribution in [0.5, 0.6) is 5.75 Å². The van der Waals surface area contributed by atoms with Crippen LogP contribution in [0.2, 0.25) is 0 Å². The molecule has 1 aliphatic rings. The first kappa shape index (κ1) is 22.0. The van der Waals surface area contributed by atoms with Crippen molar-refractivity contribution in [1.82, 2.24) is 14.7 Å². The first-order valence-corrected chi connectivity index (χ1v) is 11.0. The quantitative estimate of drug-likeness (QED) is 0.601. The molecule has 1 fully saturated rings.